The van der Waals surface area contributed by atoms with E-state index in [-0.39, 0.29) is 5.89 Å². The van der Waals surface area contributed by atoms with E-state index in [4.69, 9.17) is 13.7 Å². The van der Waals surface area contributed by atoms with Gasteiger partial charge in [0.2, 0.25) is 5.89 Å². The number of ether oxygens (including phenoxy) is 1. The summed E-state index contributed by atoms with van der Waals surface area (Å²) in [5, 5.41) is 11.7. The lowest BCUT2D eigenvalue weighted by Crippen LogP contribution is -2.11. The van der Waals surface area contributed by atoms with Gasteiger partial charge in [-0.2, -0.15) is 0 Å². The number of aryl methyl sites for hydroxylation is 3. The number of hydrogen-bond acceptors (Lipinski definition) is 7. The summed E-state index contributed by atoms with van der Waals surface area (Å²) in [5.74, 6) is 0.486. The summed E-state index contributed by atoms with van der Waals surface area (Å²) < 4.78 is 16.0. The summed E-state index contributed by atoms with van der Waals surface area (Å²) in [5.41, 5.74) is 2.75. The highest BCUT2D eigenvalue weighted by Gasteiger charge is 2.24. The van der Waals surface area contributed by atoms with E-state index >= 15 is 0 Å². The molecular weight excluding hydrogens is 310 g/mol. The number of carbonyl (C=O) groups is 1. The van der Waals surface area contributed by atoms with Gasteiger partial charge in [0, 0.05) is 5.56 Å². The molecule has 0 fully saturated rings. The van der Waals surface area contributed by atoms with Gasteiger partial charge in [0.1, 0.15) is 11.3 Å². The molecule has 0 aliphatic heterocycles. The molecule has 3 rings (SSSR count). The van der Waals surface area contributed by atoms with E-state index in [1.165, 1.54) is 0 Å². The maximum atomic E-state index is 12.2. The molecule has 0 spiro atoms. The van der Waals surface area contributed by atoms with Gasteiger partial charge in [-0.3, -0.25) is 0 Å². The van der Waals surface area contributed by atoms with Crippen LogP contribution < -0.4 is 0 Å². The third-order valence-corrected chi connectivity index (χ3v) is 3.61. The molecule has 0 saturated heterocycles. The molecule has 0 saturated carbocycles. The van der Waals surface area contributed by atoms with E-state index in [9.17, 15) is 4.79 Å². The van der Waals surface area contributed by atoms with Crippen LogP contribution in [0.2, 0.25) is 0 Å². The van der Waals surface area contributed by atoms with Gasteiger partial charge in [-0.25, -0.2) is 4.79 Å². The Bertz CT molecular complexity index is 845. The summed E-state index contributed by atoms with van der Waals surface area (Å²) in [7, 11) is 0. The molecule has 1 aromatic carbocycles. The van der Waals surface area contributed by atoms with Gasteiger partial charge in [-0.1, -0.05) is 22.9 Å². The lowest BCUT2D eigenvalue weighted by molar-refractivity contribution is 0.0277. The van der Waals surface area contributed by atoms with Crippen LogP contribution in [0.1, 0.15) is 46.3 Å². The molecule has 0 amide bonds. The van der Waals surface area contributed by atoms with Gasteiger partial charge in [-0.05, 0) is 39.8 Å². The summed E-state index contributed by atoms with van der Waals surface area (Å²) in [6, 6.07) is 7.71. The maximum absolute atomic E-state index is 12.2. The molecule has 0 N–H and O–H groups in total. The fourth-order valence-corrected chi connectivity index (χ4v) is 2.26. The molecule has 0 unspecified atom stereocenters. The zero-order chi connectivity index (χ0) is 17.3. The van der Waals surface area contributed by atoms with Crippen LogP contribution in [-0.2, 0) is 4.74 Å². The Morgan fingerprint density at radius 1 is 1.12 bits per heavy atom. The van der Waals surface area contributed by atoms with Crippen molar-refractivity contribution in [2.24, 2.45) is 0 Å². The molecule has 0 bridgehead atoms. The lowest BCUT2D eigenvalue weighted by atomic mass is 10.1. The van der Waals surface area contributed by atoms with E-state index in [0.717, 1.165) is 11.1 Å². The third-order valence-electron chi connectivity index (χ3n) is 3.61. The average Bonchev–Trinajstić information content (AvgIpc) is 3.15. The Labute approximate surface area is 138 Å². The SMILES string of the molecule is Cc1ccc(-c2nnc([C@H](C)OC(=O)c3c(C)noc3C)o2)cc1. The molecule has 124 valence electrons. The minimum absolute atomic E-state index is 0.227. The molecule has 7 nitrogen and oxygen atoms in total. The molecule has 2 aromatic heterocycles. The van der Waals surface area contributed by atoms with Crippen LogP contribution in [0, 0.1) is 20.8 Å². The molecule has 0 aliphatic rings. The van der Waals surface area contributed by atoms with Crippen molar-refractivity contribution in [2.45, 2.75) is 33.8 Å². The second-order valence-electron chi connectivity index (χ2n) is 5.56. The largest absolute Gasteiger partial charge is 0.449 e. The topological polar surface area (TPSA) is 91.2 Å². The number of nitrogens with zero attached hydrogens (tertiary/aromatic N) is 3. The molecule has 24 heavy (non-hydrogen) atoms. The van der Waals surface area contributed by atoms with Crippen LogP contribution in [0.15, 0.2) is 33.2 Å². The van der Waals surface area contributed by atoms with Crippen LogP contribution in [0.3, 0.4) is 0 Å². The van der Waals surface area contributed by atoms with Crippen LogP contribution in [0.25, 0.3) is 11.5 Å². The minimum Gasteiger partial charge on any atom is -0.449 e. The first kappa shape index (κ1) is 15.9. The predicted octanol–water partition coefficient (Wildman–Crippen LogP) is 3.57. The van der Waals surface area contributed by atoms with Gasteiger partial charge in [-0.15, -0.1) is 10.2 Å². The molecule has 7 heteroatoms. The quantitative estimate of drug-likeness (QED) is 0.676. The molecular formula is C17H17N3O4. The van der Waals surface area contributed by atoms with E-state index in [1.54, 1.807) is 20.8 Å². The van der Waals surface area contributed by atoms with Crippen molar-refractivity contribution < 1.29 is 18.5 Å². The smallest absolute Gasteiger partial charge is 0.344 e. The summed E-state index contributed by atoms with van der Waals surface area (Å²) in [4.78, 5) is 12.2. The van der Waals surface area contributed by atoms with Crippen molar-refractivity contribution in [3.05, 3.63) is 52.7 Å². The lowest BCUT2D eigenvalue weighted by Gasteiger charge is -2.08. The first-order chi connectivity index (χ1) is 11.5. The highest BCUT2D eigenvalue weighted by atomic mass is 16.6. The zero-order valence-corrected chi connectivity index (χ0v) is 13.9. The summed E-state index contributed by atoms with van der Waals surface area (Å²) in [6.07, 6.45) is -0.683. The number of carbonyl (C=O) groups excluding carboxylic acids is 1. The standard InChI is InChI=1S/C17H17N3O4/c1-9-5-7-13(8-6-9)16-19-18-15(23-16)12(4)22-17(21)14-10(2)20-24-11(14)3/h5-8,12H,1-4H3/t12-/m0/s1. The minimum atomic E-state index is -0.683. The molecule has 2 heterocycles. The fourth-order valence-electron chi connectivity index (χ4n) is 2.26. The normalized spacial score (nSPS) is 12.2. The van der Waals surface area contributed by atoms with Crippen molar-refractivity contribution in [1.82, 2.24) is 15.4 Å². The molecule has 1 atom stereocenters. The Morgan fingerprint density at radius 2 is 1.83 bits per heavy atom. The van der Waals surface area contributed by atoms with Crippen molar-refractivity contribution in [3.63, 3.8) is 0 Å². The van der Waals surface area contributed by atoms with Gasteiger partial charge >= 0.3 is 5.97 Å². The fraction of sp³-hybridized carbons (Fsp3) is 0.294. The Hall–Kier alpha value is -2.96. The monoisotopic (exact) mass is 327 g/mol. The van der Waals surface area contributed by atoms with E-state index in [2.05, 4.69) is 15.4 Å². The van der Waals surface area contributed by atoms with Gasteiger partial charge in [0.25, 0.3) is 5.89 Å². The number of rotatable bonds is 4. The van der Waals surface area contributed by atoms with Crippen LogP contribution in [-0.4, -0.2) is 21.3 Å². The van der Waals surface area contributed by atoms with E-state index < -0.39 is 12.1 Å². The molecule has 3 aromatic rings. The number of benzene rings is 1. The zero-order valence-electron chi connectivity index (χ0n) is 13.9. The van der Waals surface area contributed by atoms with Crippen molar-refractivity contribution in [3.8, 4) is 11.5 Å². The van der Waals surface area contributed by atoms with Gasteiger partial charge in [0.15, 0.2) is 6.10 Å². The number of aromatic nitrogens is 3. The number of hydrogen-bond donors (Lipinski definition) is 0. The highest BCUT2D eigenvalue weighted by molar-refractivity contribution is 5.91. The average molecular weight is 327 g/mol. The first-order valence-electron chi connectivity index (χ1n) is 7.50. The summed E-state index contributed by atoms with van der Waals surface area (Å²) >= 11 is 0. The van der Waals surface area contributed by atoms with Crippen molar-refractivity contribution in [2.75, 3.05) is 0 Å². The Balaban J connectivity index is 1.75. The second kappa shape index (κ2) is 6.27. The predicted molar refractivity (Wildman–Crippen MR) is 84.3 cm³/mol. The summed E-state index contributed by atoms with van der Waals surface area (Å²) in [6.45, 7) is 7.01. The van der Waals surface area contributed by atoms with Crippen molar-refractivity contribution >= 4 is 5.97 Å². The molecule has 0 aliphatic carbocycles. The van der Waals surface area contributed by atoms with Crippen LogP contribution >= 0.6 is 0 Å². The first-order valence-corrected chi connectivity index (χ1v) is 7.50. The van der Waals surface area contributed by atoms with Crippen LogP contribution in [0.5, 0.6) is 0 Å². The van der Waals surface area contributed by atoms with Gasteiger partial charge in [0.05, 0.1) is 5.69 Å². The Kier molecular flexibility index (Phi) is 4.16. The molecule has 0 radical (unpaired) electrons. The van der Waals surface area contributed by atoms with Crippen molar-refractivity contribution in [1.29, 1.82) is 0 Å². The van der Waals surface area contributed by atoms with E-state index in [1.807, 2.05) is 31.2 Å². The van der Waals surface area contributed by atoms with E-state index in [0.29, 0.717) is 22.9 Å². The maximum Gasteiger partial charge on any atom is 0.344 e. The van der Waals surface area contributed by atoms with Crippen LogP contribution in [0.4, 0.5) is 0 Å². The van der Waals surface area contributed by atoms with Gasteiger partial charge < -0.3 is 13.7 Å². The Morgan fingerprint density at radius 3 is 2.46 bits per heavy atom. The third kappa shape index (κ3) is 3.05. The number of esters is 1. The highest BCUT2D eigenvalue weighted by Crippen LogP contribution is 2.24. The second-order valence-corrected chi connectivity index (χ2v) is 5.56.